The van der Waals surface area contributed by atoms with Crippen LogP contribution in [0.4, 0.5) is 11.6 Å². The summed E-state index contributed by atoms with van der Waals surface area (Å²) in [6.07, 6.45) is 13.4. The maximum absolute atomic E-state index is 13.6. The van der Waals surface area contributed by atoms with Gasteiger partial charge < -0.3 is 20.1 Å². The highest BCUT2D eigenvalue weighted by molar-refractivity contribution is 5.97. The number of nitrogens with zero attached hydrogens (tertiary/aromatic N) is 6. The molecule has 5 heterocycles. The molecule has 2 aliphatic carbocycles. The number of aromatic amines is 1. The molecule has 2 aliphatic heterocycles. The third-order valence-corrected chi connectivity index (χ3v) is 9.03. The van der Waals surface area contributed by atoms with Gasteiger partial charge in [0.05, 0.1) is 11.2 Å². The van der Waals surface area contributed by atoms with E-state index in [9.17, 15) is 4.79 Å². The Morgan fingerprint density at radius 1 is 1.06 bits per heavy atom. The summed E-state index contributed by atoms with van der Waals surface area (Å²) in [5, 5.41) is 12.8. The summed E-state index contributed by atoms with van der Waals surface area (Å²) in [6.45, 7) is 4.65. The van der Waals surface area contributed by atoms with Gasteiger partial charge in [-0.05, 0) is 76.3 Å². The van der Waals surface area contributed by atoms with E-state index < -0.39 is 0 Å². The lowest BCUT2D eigenvalue weighted by Gasteiger charge is -2.33. The normalized spacial score (nSPS) is 23.4. The Labute approximate surface area is 211 Å². The molecule has 4 aliphatic rings. The SMILES string of the molecule is Cn1nc(-c2cn(C(C3CC3)C3CC3)c(=O)c3c(N)n[nH]c23)cc1N1CCC[C@@H]1CN1CCCCC1. The average molecular weight is 491 g/mol. The predicted octanol–water partition coefficient (Wildman–Crippen LogP) is 3.52. The highest BCUT2D eigenvalue weighted by Gasteiger charge is 2.43. The number of nitrogens with one attached hydrogen (secondary N) is 1. The summed E-state index contributed by atoms with van der Waals surface area (Å²) in [5.41, 5.74) is 8.72. The fourth-order valence-corrected chi connectivity index (χ4v) is 6.91. The van der Waals surface area contributed by atoms with Gasteiger partial charge in [-0.2, -0.15) is 10.2 Å². The predicted molar refractivity (Wildman–Crippen MR) is 142 cm³/mol. The molecule has 4 fully saturated rings. The molecule has 192 valence electrons. The first kappa shape index (κ1) is 22.4. The highest BCUT2D eigenvalue weighted by atomic mass is 16.1. The number of hydrogen-bond donors (Lipinski definition) is 2. The topological polar surface area (TPSA) is 101 Å². The minimum atomic E-state index is -0.0129. The van der Waals surface area contributed by atoms with Gasteiger partial charge in [-0.1, -0.05) is 6.42 Å². The molecule has 0 amide bonds. The number of piperidine rings is 1. The van der Waals surface area contributed by atoms with Crippen LogP contribution in [0.15, 0.2) is 17.1 Å². The molecule has 9 nitrogen and oxygen atoms in total. The van der Waals surface area contributed by atoms with Crippen molar-refractivity contribution in [2.75, 3.05) is 36.8 Å². The number of likely N-dealkylation sites (tertiary alicyclic amines) is 1. The minimum absolute atomic E-state index is 0.0129. The van der Waals surface area contributed by atoms with Crippen molar-refractivity contribution in [2.45, 2.75) is 69.9 Å². The number of aromatic nitrogens is 5. The molecule has 2 saturated carbocycles. The van der Waals surface area contributed by atoms with Gasteiger partial charge in [-0.25, -0.2) is 0 Å². The summed E-state index contributed by atoms with van der Waals surface area (Å²) in [4.78, 5) is 18.8. The molecule has 0 unspecified atom stereocenters. The van der Waals surface area contributed by atoms with E-state index in [1.807, 2.05) is 22.5 Å². The minimum Gasteiger partial charge on any atom is -0.382 e. The standard InChI is InChI=1S/C27H38N8O/c1-32-22(34-13-5-6-19(34)15-33-11-3-2-4-12-33)14-21(31-32)20-16-35(25(17-7-8-17)18-9-10-18)27(36)23-24(20)29-30-26(23)28/h14,16-19,25H,2-13,15H2,1H3,(H3,28,29,30)/t19-/m1/s1. The Morgan fingerprint density at radius 3 is 2.53 bits per heavy atom. The highest BCUT2D eigenvalue weighted by Crippen LogP contribution is 2.52. The van der Waals surface area contributed by atoms with Crippen molar-refractivity contribution in [1.82, 2.24) is 29.4 Å². The first-order valence-electron chi connectivity index (χ1n) is 14.0. The molecule has 0 spiro atoms. The second-order valence-electron chi connectivity index (χ2n) is 11.6. The lowest BCUT2D eigenvalue weighted by molar-refractivity contribution is 0.216. The van der Waals surface area contributed by atoms with Gasteiger partial charge in [0.25, 0.3) is 5.56 Å². The van der Waals surface area contributed by atoms with Gasteiger partial charge in [0, 0.05) is 50.0 Å². The average Bonchev–Trinajstić information content (AvgIpc) is 3.78. The Morgan fingerprint density at radius 2 is 1.81 bits per heavy atom. The fraction of sp³-hybridized carbons (Fsp3) is 0.667. The van der Waals surface area contributed by atoms with Crippen LogP contribution in [-0.2, 0) is 7.05 Å². The van der Waals surface area contributed by atoms with Crippen LogP contribution in [0.3, 0.4) is 0 Å². The molecular formula is C27H38N8O. The first-order valence-corrected chi connectivity index (χ1v) is 14.0. The Balaban J connectivity index is 1.27. The van der Waals surface area contributed by atoms with E-state index in [-0.39, 0.29) is 17.4 Å². The molecule has 36 heavy (non-hydrogen) atoms. The third-order valence-electron chi connectivity index (χ3n) is 9.03. The van der Waals surface area contributed by atoms with Gasteiger partial charge in [-0.15, -0.1) is 0 Å². The van der Waals surface area contributed by atoms with Crippen LogP contribution in [0.2, 0.25) is 0 Å². The molecule has 3 aromatic heterocycles. The number of nitrogens with two attached hydrogens (primary N) is 1. The van der Waals surface area contributed by atoms with Crippen molar-refractivity contribution in [3.8, 4) is 11.3 Å². The lowest BCUT2D eigenvalue weighted by atomic mass is 10.0. The van der Waals surface area contributed by atoms with Crippen molar-refractivity contribution in [3.05, 3.63) is 22.6 Å². The smallest absolute Gasteiger partial charge is 0.264 e. The number of fused-ring (bicyclic) bond motifs is 1. The number of hydrogen-bond acceptors (Lipinski definition) is 6. The molecule has 7 rings (SSSR count). The van der Waals surface area contributed by atoms with Gasteiger partial charge >= 0.3 is 0 Å². The number of H-pyrrole nitrogens is 1. The van der Waals surface area contributed by atoms with Crippen LogP contribution in [0.1, 0.15) is 63.8 Å². The fourth-order valence-electron chi connectivity index (χ4n) is 6.91. The number of pyridine rings is 1. The third kappa shape index (κ3) is 3.83. The van der Waals surface area contributed by atoms with Gasteiger partial charge in [0.15, 0.2) is 5.82 Å². The molecule has 3 aromatic rings. The quantitative estimate of drug-likeness (QED) is 0.526. The van der Waals surface area contributed by atoms with Gasteiger partial charge in [-0.3, -0.25) is 14.6 Å². The van der Waals surface area contributed by atoms with E-state index in [1.165, 1.54) is 70.9 Å². The summed E-state index contributed by atoms with van der Waals surface area (Å²) in [5.74, 6) is 2.65. The molecule has 2 saturated heterocycles. The van der Waals surface area contributed by atoms with Crippen LogP contribution in [0.5, 0.6) is 0 Å². The van der Waals surface area contributed by atoms with Crippen molar-refractivity contribution < 1.29 is 0 Å². The van der Waals surface area contributed by atoms with E-state index in [4.69, 9.17) is 10.8 Å². The Kier molecular flexibility index (Phi) is 5.38. The number of anilines is 2. The van der Waals surface area contributed by atoms with E-state index in [0.29, 0.717) is 28.8 Å². The molecule has 1 atom stereocenters. The Bertz CT molecular complexity index is 1310. The summed E-state index contributed by atoms with van der Waals surface area (Å²) < 4.78 is 4.01. The molecular weight excluding hydrogens is 452 g/mol. The summed E-state index contributed by atoms with van der Waals surface area (Å²) in [7, 11) is 2.04. The zero-order valence-corrected chi connectivity index (χ0v) is 21.3. The van der Waals surface area contributed by atoms with Crippen molar-refractivity contribution >= 4 is 22.5 Å². The lowest BCUT2D eigenvalue weighted by Crippen LogP contribution is -2.43. The molecule has 0 aromatic carbocycles. The van der Waals surface area contributed by atoms with Gasteiger partial charge in [0.2, 0.25) is 0 Å². The molecule has 0 radical (unpaired) electrons. The zero-order valence-electron chi connectivity index (χ0n) is 21.3. The first-order chi connectivity index (χ1) is 17.6. The molecule has 3 N–H and O–H groups in total. The van der Waals surface area contributed by atoms with E-state index in [2.05, 4.69) is 26.1 Å². The summed E-state index contributed by atoms with van der Waals surface area (Å²) >= 11 is 0. The van der Waals surface area contributed by atoms with Crippen LogP contribution in [-0.4, -0.2) is 61.7 Å². The number of nitrogen functional groups attached to an aromatic ring is 1. The van der Waals surface area contributed by atoms with Gasteiger partial charge in [0.1, 0.15) is 11.2 Å². The van der Waals surface area contributed by atoms with Crippen LogP contribution >= 0.6 is 0 Å². The maximum atomic E-state index is 13.6. The number of aryl methyl sites for hydroxylation is 1. The second kappa shape index (κ2) is 8.64. The largest absolute Gasteiger partial charge is 0.382 e. The van der Waals surface area contributed by atoms with Crippen molar-refractivity contribution in [2.24, 2.45) is 18.9 Å². The summed E-state index contributed by atoms with van der Waals surface area (Å²) in [6, 6.07) is 3.00. The second-order valence-corrected chi connectivity index (χ2v) is 11.6. The zero-order chi connectivity index (χ0) is 24.4. The number of rotatable bonds is 7. The van der Waals surface area contributed by atoms with E-state index in [0.717, 1.165) is 30.2 Å². The molecule has 9 heteroatoms. The van der Waals surface area contributed by atoms with Crippen LogP contribution < -0.4 is 16.2 Å². The monoisotopic (exact) mass is 490 g/mol. The van der Waals surface area contributed by atoms with Crippen molar-refractivity contribution in [3.63, 3.8) is 0 Å². The van der Waals surface area contributed by atoms with Crippen molar-refractivity contribution in [1.29, 1.82) is 0 Å². The molecule has 0 bridgehead atoms. The maximum Gasteiger partial charge on any atom is 0.264 e. The van der Waals surface area contributed by atoms with E-state index in [1.54, 1.807) is 0 Å². The Hall–Kier alpha value is -2.81. The van der Waals surface area contributed by atoms with E-state index >= 15 is 0 Å². The van der Waals surface area contributed by atoms with Crippen LogP contribution in [0, 0.1) is 11.8 Å². The van der Waals surface area contributed by atoms with Crippen LogP contribution in [0.25, 0.3) is 22.2 Å².